The molecule has 0 unspecified atom stereocenters. The molecule has 0 atom stereocenters. The topological polar surface area (TPSA) is 36.3 Å². The SMILES string of the molecule is CCOCc1ncc(-c2ccc(C)cc2)n1CC(C)(C)O[Si](C)(C)C(C)(C)C. The molecule has 2 aromatic rings. The van der Waals surface area contributed by atoms with Crippen LogP contribution in [0.1, 0.15) is 52.9 Å². The summed E-state index contributed by atoms with van der Waals surface area (Å²) >= 11 is 0. The van der Waals surface area contributed by atoms with Gasteiger partial charge in [0.05, 0.1) is 24.0 Å². The zero-order valence-electron chi connectivity index (χ0n) is 19.2. The number of rotatable bonds is 8. The summed E-state index contributed by atoms with van der Waals surface area (Å²) in [6.45, 7) is 21.9. The molecule has 0 amide bonds. The van der Waals surface area contributed by atoms with Crippen LogP contribution >= 0.6 is 0 Å². The van der Waals surface area contributed by atoms with Crippen LogP contribution in [0.2, 0.25) is 18.1 Å². The molecule has 4 nitrogen and oxygen atoms in total. The van der Waals surface area contributed by atoms with Gasteiger partial charge < -0.3 is 13.7 Å². The van der Waals surface area contributed by atoms with Gasteiger partial charge in [0.1, 0.15) is 12.4 Å². The molecule has 0 spiro atoms. The number of aryl methyl sites for hydroxylation is 1. The van der Waals surface area contributed by atoms with E-state index in [0.717, 1.165) is 18.1 Å². The van der Waals surface area contributed by atoms with Gasteiger partial charge in [0.2, 0.25) is 0 Å². The van der Waals surface area contributed by atoms with E-state index < -0.39 is 8.32 Å². The van der Waals surface area contributed by atoms with E-state index in [1.54, 1.807) is 0 Å². The molecule has 0 fully saturated rings. The van der Waals surface area contributed by atoms with E-state index >= 15 is 0 Å². The van der Waals surface area contributed by atoms with Gasteiger partial charge in [-0.15, -0.1) is 0 Å². The van der Waals surface area contributed by atoms with Crippen molar-refractivity contribution in [3.05, 3.63) is 41.9 Å². The fourth-order valence-electron chi connectivity index (χ4n) is 3.11. The zero-order valence-corrected chi connectivity index (χ0v) is 20.2. The number of benzene rings is 1. The molecule has 1 aromatic carbocycles. The van der Waals surface area contributed by atoms with Crippen molar-refractivity contribution >= 4 is 8.32 Å². The van der Waals surface area contributed by atoms with Crippen LogP contribution < -0.4 is 0 Å². The Balaban J connectivity index is 2.38. The highest BCUT2D eigenvalue weighted by Gasteiger charge is 2.41. The quantitative estimate of drug-likeness (QED) is 0.494. The number of hydrogen-bond acceptors (Lipinski definition) is 3. The minimum absolute atomic E-state index is 0.174. The second-order valence-electron chi connectivity index (χ2n) is 9.77. The lowest BCUT2D eigenvalue weighted by Gasteiger charge is -2.43. The van der Waals surface area contributed by atoms with E-state index in [9.17, 15) is 0 Å². The highest BCUT2D eigenvalue weighted by atomic mass is 28.4. The van der Waals surface area contributed by atoms with Crippen molar-refractivity contribution in [1.82, 2.24) is 9.55 Å². The average Bonchev–Trinajstić information content (AvgIpc) is 2.93. The Hall–Kier alpha value is -1.43. The van der Waals surface area contributed by atoms with Crippen LogP contribution in [-0.4, -0.2) is 30.1 Å². The maximum Gasteiger partial charge on any atom is 0.192 e. The highest BCUT2D eigenvalue weighted by Crippen LogP contribution is 2.39. The first-order valence-corrected chi connectivity index (χ1v) is 13.2. The first-order valence-electron chi connectivity index (χ1n) is 10.3. The Kier molecular flexibility index (Phi) is 6.95. The van der Waals surface area contributed by atoms with E-state index in [0.29, 0.717) is 13.2 Å². The van der Waals surface area contributed by atoms with Gasteiger partial charge in [-0.1, -0.05) is 50.6 Å². The molecule has 0 aliphatic carbocycles. The molecule has 1 heterocycles. The molecule has 0 radical (unpaired) electrons. The van der Waals surface area contributed by atoms with Crippen LogP contribution in [0, 0.1) is 6.92 Å². The molecule has 0 saturated carbocycles. The number of nitrogens with zero attached hydrogens (tertiary/aromatic N) is 2. The lowest BCUT2D eigenvalue weighted by molar-refractivity contribution is 0.0681. The Morgan fingerprint density at radius 3 is 2.18 bits per heavy atom. The van der Waals surface area contributed by atoms with Crippen molar-refractivity contribution in [2.75, 3.05) is 6.61 Å². The van der Waals surface area contributed by atoms with Crippen LogP contribution in [0.3, 0.4) is 0 Å². The molecule has 5 heteroatoms. The van der Waals surface area contributed by atoms with E-state index in [2.05, 4.69) is 88.5 Å². The fraction of sp³-hybridized carbons (Fsp3) is 0.609. The van der Waals surface area contributed by atoms with Gasteiger partial charge in [0.25, 0.3) is 0 Å². The van der Waals surface area contributed by atoms with E-state index in [-0.39, 0.29) is 10.6 Å². The van der Waals surface area contributed by atoms with Crippen LogP contribution in [0.25, 0.3) is 11.3 Å². The van der Waals surface area contributed by atoms with Crippen molar-refractivity contribution in [2.45, 2.75) is 85.4 Å². The predicted molar refractivity (Wildman–Crippen MR) is 120 cm³/mol. The number of ether oxygens (including phenoxy) is 1. The molecule has 0 saturated heterocycles. The van der Waals surface area contributed by atoms with Gasteiger partial charge in [0.15, 0.2) is 8.32 Å². The van der Waals surface area contributed by atoms with E-state index in [1.807, 2.05) is 13.1 Å². The zero-order chi connectivity index (χ0) is 21.2. The predicted octanol–water partition coefficient (Wildman–Crippen LogP) is 6.20. The Labute approximate surface area is 172 Å². The first kappa shape index (κ1) is 22.9. The number of imidazole rings is 1. The van der Waals surface area contributed by atoms with E-state index in [4.69, 9.17) is 9.16 Å². The summed E-state index contributed by atoms with van der Waals surface area (Å²) in [5, 5.41) is 0.174. The monoisotopic (exact) mass is 402 g/mol. The third-order valence-electron chi connectivity index (χ3n) is 5.60. The second kappa shape index (κ2) is 8.52. The maximum atomic E-state index is 6.78. The van der Waals surface area contributed by atoms with Gasteiger partial charge in [0, 0.05) is 6.61 Å². The van der Waals surface area contributed by atoms with Crippen molar-refractivity contribution in [2.24, 2.45) is 0 Å². The molecule has 28 heavy (non-hydrogen) atoms. The smallest absolute Gasteiger partial charge is 0.192 e. The Morgan fingerprint density at radius 2 is 1.64 bits per heavy atom. The summed E-state index contributed by atoms with van der Waals surface area (Å²) in [5.41, 5.74) is 3.24. The average molecular weight is 403 g/mol. The molecule has 156 valence electrons. The van der Waals surface area contributed by atoms with Crippen LogP contribution in [0.4, 0.5) is 0 Å². The minimum atomic E-state index is -1.89. The number of hydrogen-bond donors (Lipinski definition) is 0. The van der Waals surface area contributed by atoms with Crippen LogP contribution in [-0.2, 0) is 22.3 Å². The summed E-state index contributed by atoms with van der Waals surface area (Å²) in [4.78, 5) is 4.68. The third-order valence-corrected chi connectivity index (χ3v) is 10.3. The summed E-state index contributed by atoms with van der Waals surface area (Å²) in [6.07, 6.45) is 1.96. The highest BCUT2D eigenvalue weighted by molar-refractivity contribution is 6.74. The molecule has 0 bridgehead atoms. The van der Waals surface area contributed by atoms with Crippen LogP contribution in [0.15, 0.2) is 30.5 Å². The van der Waals surface area contributed by atoms with Gasteiger partial charge in [-0.25, -0.2) is 4.98 Å². The third kappa shape index (κ3) is 5.55. The van der Waals surface area contributed by atoms with Gasteiger partial charge in [-0.2, -0.15) is 0 Å². The van der Waals surface area contributed by atoms with Gasteiger partial charge in [-0.05, 0) is 51.4 Å². The first-order chi connectivity index (χ1) is 12.9. The molecule has 0 aliphatic rings. The normalized spacial score (nSPS) is 13.2. The summed E-state index contributed by atoms with van der Waals surface area (Å²) in [6, 6.07) is 8.61. The largest absolute Gasteiger partial charge is 0.410 e. The maximum absolute atomic E-state index is 6.78. The van der Waals surface area contributed by atoms with Crippen molar-refractivity contribution in [3.8, 4) is 11.3 Å². The molecule has 0 N–H and O–H groups in total. The minimum Gasteiger partial charge on any atom is -0.410 e. The summed E-state index contributed by atoms with van der Waals surface area (Å²) in [7, 11) is -1.89. The standard InChI is InChI=1S/C23H38N2O2Si/c1-10-26-16-21-24-15-20(19-13-11-18(2)12-14-19)25(21)17-23(6,7)27-28(8,9)22(3,4)5/h11-15H,10,16-17H2,1-9H3. The van der Waals surface area contributed by atoms with Crippen molar-refractivity contribution in [3.63, 3.8) is 0 Å². The second-order valence-corrected chi connectivity index (χ2v) is 14.5. The fourth-order valence-corrected chi connectivity index (χ4v) is 4.86. The van der Waals surface area contributed by atoms with Crippen molar-refractivity contribution < 1.29 is 9.16 Å². The number of aromatic nitrogens is 2. The van der Waals surface area contributed by atoms with Gasteiger partial charge >= 0.3 is 0 Å². The Bertz CT molecular complexity index is 771. The van der Waals surface area contributed by atoms with Crippen LogP contribution in [0.5, 0.6) is 0 Å². The van der Waals surface area contributed by atoms with Gasteiger partial charge in [-0.3, -0.25) is 0 Å². The van der Waals surface area contributed by atoms with Crippen molar-refractivity contribution in [1.29, 1.82) is 0 Å². The summed E-state index contributed by atoms with van der Waals surface area (Å²) < 4.78 is 14.7. The molecular weight excluding hydrogens is 364 g/mol. The lowest BCUT2D eigenvalue weighted by Crippen LogP contribution is -2.49. The lowest BCUT2D eigenvalue weighted by atomic mass is 10.1. The molecule has 2 rings (SSSR count). The Morgan fingerprint density at radius 1 is 1.04 bits per heavy atom. The van der Waals surface area contributed by atoms with E-state index in [1.165, 1.54) is 11.1 Å². The summed E-state index contributed by atoms with van der Waals surface area (Å²) in [5.74, 6) is 0.948. The molecule has 0 aliphatic heterocycles. The molecule has 1 aromatic heterocycles. The molecular formula is C23H38N2O2Si.